The molecule has 198 valence electrons. The Bertz CT molecular complexity index is 1180. The molecule has 4 rings (SSSR count). The average molecular weight is 520 g/mol. The molecule has 1 fully saturated rings. The van der Waals surface area contributed by atoms with E-state index in [1.165, 1.54) is 25.4 Å². The number of imidazole rings is 1. The van der Waals surface area contributed by atoms with Gasteiger partial charge in [-0.2, -0.15) is 8.42 Å². The van der Waals surface area contributed by atoms with Gasteiger partial charge in [-0.1, -0.05) is 6.92 Å². The van der Waals surface area contributed by atoms with Crippen molar-refractivity contribution in [3.05, 3.63) is 36.3 Å². The largest absolute Gasteiger partial charge is 0.488 e. The van der Waals surface area contributed by atoms with Crippen LogP contribution in [-0.2, 0) is 28.3 Å². The molecule has 10 nitrogen and oxygen atoms in total. The van der Waals surface area contributed by atoms with E-state index < -0.39 is 10.0 Å². The third kappa shape index (κ3) is 6.37. The monoisotopic (exact) mass is 519 g/mol. The lowest BCUT2D eigenvalue weighted by atomic mass is 10.0. The summed E-state index contributed by atoms with van der Waals surface area (Å²) in [5, 5.41) is 9.71. The zero-order valence-electron chi connectivity index (χ0n) is 21.4. The fourth-order valence-corrected chi connectivity index (χ4v) is 5.60. The minimum atomic E-state index is -3.88. The minimum Gasteiger partial charge on any atom is -0.488 e. The number of aromatic nitrogens is 2. The van der Waals surface area contributed by atoms with Gasteiger partial charge in [-0.3, -0.25) is 9.52 Å². The molecule has 0 saturated heterocycles. The Morgan fingerprint density at radius 1 is 1.31 bits per heavy atom. The summed E-state index contributed by atoms with van der Waals surface area (Å²) in [5.74, 6) is 1.21. The molecule has 1 aliphatic heterocycles. The molecule has 1 aliphatic carbocycles. The van der Waals surface area contributed by atoms with Crippen LogP contribution in [0, 0.1) is 11.8 Å². The molecule has 0 unspecified atom stereocenters. The van der Waals surface area contributed by atoms with Gasteiger partial charge in [-0.05, 0) is 50.9 Å². The number of amides is 1. The molecule has 0 bridgehead atoms. The highest BCUT2D eigenvalue weighted by molar-refractivity contribution is 7.92. The first-order valence-corrected chi connectivity index (χ1v) is 13.9. The fraction of sp³-hybridized carbons (Fsp3) is 0.600. The van der Waals surface area contributed by atoms with Crippen LogP contribution >= 0.6 is 0 Å². The maximum atomic E-state index is 13.3. The molecule has 3 atom stereocenters. The van der Waals surface area contributed by atoms with Crippen molar-refractivity contribution in [3.63, 3.8) is 0 Å². The summed E-state index contributed by atoms with van der Waals surface area (Å²) in [6, 6.07) is 4.68. The van der Waals surface area contributed by atoms with Gasteiger partial charge >= 0.3 is 0 Å². The van der Waals surface area contributed by atoms with Gasteiger partial charge in [0.2, 0.25) is 5.91 Å². The van der Waals surface area contributed by atoms with Crippen LogP contribution in [0.3, 0.4) is 0 Å². The summed E-state index contributed by atoms with van der Waals surface area (Å²) in [7, 11) is -0.0928. The molecule has 2 aromatic rings. The normalized spacial score (nSPS) is 21.8. The summed E-state index contributed by atoms with van der Waals surface area (Å²) in [6.45, 7) is 5.96. The van der Waals surface area contributed by atoms with Crippen molar-refractivity contribution < 1.29 is 23.1 Å². The molecule has 36 heavy (non-hydrogen) atoms. The highest BCUT2D eigenvalue weighted by Crippen LogP contribution is 2.32. The lowest BCUT2D eigenvalue weighted by Gasteiger charge is -2.34. The summed E-state index contributed by atoms with van der Waals surface area (Å²) < 4.78 is 36.2. The molecule has 1 aromatic heterocycles. The number of carbonyl (C=O) groups excluding carboxylic acids is 1. The molecule has 1 saturated carbocycles. The van der Waals surface area contributed by atoms with E-state index in [4.69, 9.17) is 4.74 Å². The summed E-state index contributed by atoms with van der Waals surface area (Å²) in [5.41, 5.74) is 0.924. The Kier molecular flexibility index (Phi) is 7.91. The van der Waals surface area contributed by atoms with E-state index in [1.807, 2.05) is 6.92 Å². The van der Waals surface area contributed by atoms with Gasteiger partial charge in [0.25, 0.3) is 10.0 Å². The molecule has 1 amide bonds. The number of sulfonamides is 1. The predicted molar refractivity (Wildman–Crippen MR) is 136 cm³/mol. The van der Waals surface area contributed by atoms with E-state index in [1.54, 1.807) is 34.7 Å². The van der Waals surface area contributed by atoms with Crippen LogP contribution in [0.4, 0.5) is 5.69 Å². The Morgan fingerprint density at radius 2 is 2.06 bits per heavy atom. The van der Waals surface area contributed by atoms with Crippen molar-refractivity contribution in [2.45, 2.75) is 50.3 Å². The molecule has 11 heteroatoms. The van der Waals surface area contributed by atoms with Gasteiger partial charge in [0.05, 0.1) is 25.4 Å². The summed E-state index contributed by atoms with van der Waals surface area (Å²) >= 11 is 0. The smallest absolute Gasteiger partial charge is 0.280 e. The Morgan fingerprint density at radius 3 is 2.69 bits per heavy atom. The number of nitrogens with one attached hydrogen (secondary N) is 1. The minimum absolute atomic E-state index is 0.0258. The molecule has 2 N–H and O–H groups in total. The lowest BCUT2D eigenvalue weighted by Crippen LogP contribution is -2.47. The molecule has 1 aromatic carbocycles. The zero-order chi connectivity index (χ0) is 26.0. The molecular weight excluding hydrogens is 482 g/mol. The van der Waals surface area contributed by atoms with E-state index in [2.05, 4.69) is 28.6 Å². The second-order valence-electron chi connectivity index (χ2n) is 10.4. The third-order valence-corrected chi connectivity index (χ3v) is 8.15. The topological polar surface area (TPSA) is 117 Å². The number of aliphatic hydroxyl groups is 1. The van der Waals surface area contributed by atoms with Crippen molar-refractivity contribution in [3.8, 4) is 5.75 Å². The summed E-state index contributed by atoms with van der Waals surface area (Å²) in [6.07, 6.45) is 5.23. The fourth-order valence-electron chi connectivity index (χ4n) is 4.57. The van der Waals surface area contributed by atoms with Gasteiger partial charge in [0, 0.05) is 50.0 Å². The van der Waals surface area contributed by atoms with Crippen molar-refractivity contribution in [1.82, 2.24) is 19.4 Å². The molecular formula is C25H37N5O5S. The first kappa shape index (κ1) is 26.4. The Hall–Kier alpha value is -2.63. The first-order valence-electron chi connectivity index (χ1n) is 12.4. The maximum Gasteiger partial charge on any atom is 0.280 e. The zero-order valence-corrected chi connectivity index (χ0v) is 22.2. The van der Waals surface area contributed by atoms with Crippen LogP contribution in [-0.4, -0.2) is 84.2 Å². The highest BCUT2D eigenvalue weighted by atomic mass is 32.2. The number of aryl methyl sites for hydroxylation is 1. The van der Waals surface area contributed by atoms with E-state index in [0.717, 1.165) is 12.5 Å². The second kappa shape index (κ2) is 10.8. The average Bonchev–Trinajstić information content (AvgIpc) is 3.51. The van der Waals surface area contributed by atoms with E-state index in [9.17, 15) is 18.3 Å². The number of nitrogens with zero attached hydrogens (tertiary/aromatic N) is 4. The van der Waals surface area contributed by atoms with Crippen LogP contribution in [0.15, 0.2) is 35.7 Å². The van der Waals surface area contributed by atoms with Crippen LogP contribution in [0.2, 0.25) is 0 Å². The number of fused-ring (bicyclic) bond motifs is 1. The van der Waals surface area contributed by atoms with E-state index in [0.29, 0.717) is 30.1 Å². The molecule has 2 heterocycles. The van der Waals surface area contributed by atoms with Gasteiger partial charge in [0.1, 0.15) is 11.9 Å². The summed E-state index contributed by atoms with van der Waals surface area (Å²) in [4.78, 5) is 21.3. The SMILES string of the molecule is C[C@@H]1CN([C@H](C)CO)C(=O)Cc2cc(NS(=O)(=O)c3cn(C)cn3)ccc2O[C@@H]1CN(C)CC1CC1. The number of rotatable bonds is 9. The van der Waals surface area contributed by atoms with Gasteiger partial charge in [0.15, 0.2) is 5.03 Å². The van der Waals surface area contributed by atoms with E-state index >= 15 is 0 Å². The predicted octanol–water partition coefficient (Wildman–Crippen LogP) is 1.71. The number of likely N-dealkylation sites (N-methyl/N-ethyl adjacent to an activating group) is 1. The number of ether oxygens (including phenoxy) is 1. The standard InChI is InChI=1S/C25H37N5O5S/c1-17-11-30(18(2)15-31)25(32)10-20-9-21(27-36(33,34)24-14-29(4)16-26-24)7-8-22(20)35-23(17)13-28(3)12-19-5-6-19/h7-9,14,16-19,23,27,31H,5-6,10-13,15H2,1-4H3/t17-,18-,23-/m1/s1. The number of aliphatic hydroxyl groups excluding tert-OH is 1. The van der Waals surface area contributed by atoms with Crippen LogP contribution < -0.4 is 9.46 Å². The number of anilines is 1. The van der Waals surface area contributed by atoms with Crippen LogP contribution in [0.25, 0.3) is 0 Å². The second-order valence-corrected chi connectivity index (χ2v) is 12.0. The van der Waals surface area contributed by atoms with Crippen molar-refractivity contribution in [1.29, 1.82) is 0 Å². The van der Waals surface area contributed by atoms with E-state index in [-0.39, 0.29) is 42.0 Å². The highest BCUT2D eigenvalue weighted by Gasteiger charge is 2.32. The van der Waals surface area contributed by atoms with Gasteiger partial charge < -0.3 is 24.2 Å². The molecule has 0 spiro atoms. The number of benzene rings is 1. The van der Waals surface area contributed by atoms with Crippen LogP contribution in [0.5, 0.6) is 5.75 Å². The number of carbonyl (C=O) groups is 1. The third-order valence-electron chi connectivity index (χ3n) is 6.88. The Labute approximate surface area is 213 Å². The number of hydrogen-bond acceptors (Lipinski definition) is 7. The van der Waals surface area contributed by atoms with Crippen molar-refractivity contribution in [2.24, 2.45) is 18.9 Å². The van der Waals surface area contributed by atoms with Gasteiger partial charge in [-0.15, -0.1) is 0 Å². The first-order chi connectivity index (χ1) is 17.1. The quantitative estimate of drug-likeness (QED) is 0.518. The Balaban J connectivity index is 1.63. The lowest BCUT2D eigenvalue weighted by molar-refractivity contribution is -0.134. The van der Waals surface area contributed by atoms with Crippen molar-refractivity contribution >= 4 is 21.6 Å². The van der Waals surface area contributed by atoms with Crippen LogP contribution in [0.1, 0.15) is 32.3 Å². The maximum absolute atomic E-state index is 13.3. The van der Waals surface area contributed by atoms with Crippen molar-refractivity contribution in [2.75, 3.05) is 38.0 Å². The molecule has 2 aliphatic rings. The number of hydrogen-bond donors (Lipinski definition) is 2. The van der Waals surface area contributed by atoms with Gasteiger partial charge in [-0.25, -0.2) is 4.98 Å². The molecule has 0 radical (unpaired) electrons.